The molecule has 1 atom stereocenters. The number of halogens is 1. The highest BCUT2D eigenvalue weighted by molar-refractivity contribution is 6.19. The Labute approximate surface area is 68.4 Å². The van der Waals surface area contributed by atoms with E-state index >= 15 is 0 Å². The molecule has 0 amide bonds. The maximum atomic E-state index is 8.67. The molecule has 0 bridgehead atoms. The molecule has 0 aromatic heterocycles. The predicted octanol–water partition coefficient (Wildman–Crippen LogP) is 2.90. The molecule has 0 aromatic rings. The second-order valence-electron chi connectivity index (χ2n) is 2.64. The van der Waals surface area contributed by atoms with Crippen LogP contribution in [-0.4, -0.2) is 10.7 Å². The minimum absolute atomic E-state index is 0.623. The molecule has 0 heterocycles. The minimum atomic E-state index is -0.623. The Hall–Kier alpha value is 0.250. The lowest BCUT2D eigenvalue weighted by molar-refractivity contribution is 0.240. The van der Waals surface area contributed by atoms with E-state index in [1.165, 1.54) is 25.7 Å². The zero-order chi connectivity index (χ0) is 7.82. The highest BCUT2D eigenvalue weighted by Gasteiger charge is 1.95. The third kappa shape index (κ3) is 8.25. The van der Waals surface area contributed by atoms with E-state index in [0.29, 0.717) is 0 Å². The molecule has 10 heavy (non-hydrogen) atoms. The van der Waals surface area contributed by atoms with Gasteiger partial charge in [-0.25, -0.2) is 0 Å². The van der Waals surface area contributed by atoms with Gasteiger partial charge in [0.05, 0.1) is 0 Å². The van der Waals surface area contributed by atoms with Gasteiger partial charge >= 0.3 is 0 Å². The first-order chi connectivity index (χ1) is 4.77. The number of rotatable bonds is 6. The molecule has 0 saturated heterocycles. The molecule has 0 radical (unpaired) electrons. The Morgan fingerprint density at radius 1 is 1.20 bits per heavy atom. The molecular weight excluding hydrogens is 148 g/mol. The number of hydrogen-bond donors (Lipinski definition) is 1. The molecular formula is C8H17ClO. The Morgan fingerprint density at radius 2 is 1.80 bits per heavy atom. The fourth-order valence-electron chi connectivity index (χ4n) is 0.916. The average Bonchev–Trinajstić information content (AvgIpc) is 1.87. The Kier molecular flexibility index (Phi) is 7.54. The molecule has 0 fully saturated rings. The Balaban J connectivity index is 2.77. The van der Waals surface area contributed by atoms with Gasteiger partial charge in [0.1, 0.15) is 5.56 Å². The summed E-state index contributed by atoms with van der Waals surface area (Å²) in [7, 11) is 0. The molecule has 1 unspecified atom stereocenters. The van der Waals surface area contributed by atoms with E-state index in [2.05, 4.69) is 6.92 Å². The van der Waals surface area contributed by atoms with Crippen molar-refractivity contribution >= 4 is 11.6 Å². The second-order valence-corrected chi connectivity index (χ2v) is 3.14. The van der Waals surface area contributed by atoms with Gasteiger partial charge in [-0.1, -0.05) is 44.2 Å². The molecule has 0 aromatic carbocycles. The van der Waals surface area contributed by atoms with Crippen molar-refractivity contribution in [3.05, 3.63) is 0 Å². The average molecular weight is 165 g/mol. The smallest absolute Gasteiger partial charge is 0.128 e. The van der Waals surface area contributed by atoms with Crippen LogP contribution in [0.4, 0.5) is 0 Å². The molecule has 1 nitrogen and oxygen atoms in total. The van der Waals surface area contributed by atoms with Crippen molar-refractivity contribution in [2.75, 3.05) is 0 Å². The van der Waals surface area contributed by atoms with Crippen LogP contribution in [0.15, 0.2) is 0 Å². The maximum Gasteiger partial charge on any atom is 0.128 e. The fourth-order valence-corrected chi connectivity index (χ4v) is 1.07. The summed E-state index contributed by atoms with van der Waals surface area (Å²) < 4.78 is 0. The highest BCUT2D eigenvalue weighted by atomic mass is 35.5. The zero-order valence-corrected chi connectivity index (χ0v) is 7.40. The second kappa shape index (κ2) is 7.36. The summed E-state index contributed by atoms with van der Waals surface area (Å²) in [5.41, 5.74) is -0.623. The quantitative estimate of drug-likeness (QED) is 0.473. The maximum absolute atomic E-state index is 8.67. The van der Waals surface area contributed by atoms with E-state index in [0.717, 1.165) is 12.8 Å². The first kappa shape index (κ1) is 10.2. The van der Waals surface area contributed by atoms with Crippen molar-refractivity contribution < 1.29 is 5.11 Å². The van der Waals surface area contributed by atoms with Gasteiger partial charge in [0, 0.05) is 0 Å². The van der Waals surface area contributed by atoms with E-state index in [-0.39, 0.29) is 0 Å². The summed E-state index contributed by atoms with van der Waals surface area (Å²) in [5, 5.41) is 8.67. The third-order valence-corrected chi connectivity index (χ3v) is 1.76. The molecule has 2 heteroatoms. The first-order valence-corrected chi connectivity index (χ1v) is 4.53. The standard InChI is InChI=1S/C8H17ClO/c1-2-3-4-5-6-7-8(9)10/h8,10H,2-7H2,1H3. The van der Waals surface area contributed by atoms with E-state index in [4.69, 9.17) is 16.7 Å². The summed E-state index contributed by atoms with van der Waals surface area (Å²) >= 11 is 5.35. The first-order valence-electron chi connectivity index (χ1n) is 4.09. The van der Waals surface area contributed by atoms with Crippen LogP contribution in [-0.2, 0) is 0 Å². The van der Waals surface area contributed by atoms with Gasteiger partial charge in [-0.15, -0.1) is 0 Å². The van der Waals surface area contributed by atoms with Crippen LogP contribution < -0.4 is 0 Å². The number of aliphatic hydroxyl groups excluding tert-OH is 1. The van der Waals surface area contributed by atoms with Gasteiger partial charge in [0.2, 0.25) is 0 Å². The third-order valence-electron chi connectivity index (χ3n) is 1.55. The molecule has 0 rings (SSSR count). The number of aliphatic hydroxyl groups is 1. The lowest BCUT2D eigenvalue weighted by Crippen LogP contribution is -1.94. The molecule has 62 valence electrons. The Morgan fingerprint density at radius 3 is 2.30 bits per heavy atom. The van der Waals surface area contributed by atoms with Gasteiger partial charge in [0.15, 0.2) is 0 Å². The zero-order valence-electron chi connectivity index (χ0n) is 6.65. The van der Waals surface area contributed by atoms with Gasteiger partial charge < -0.3 is 5.11 Å². The van der Waals surface area contributed by atoms with Gasteiger partial charge in [-0.05, 0) is 12.8 Å². The monoisotopic (exact) mass is 164 g/mol. The van der Waals surface area contributed by atoms with Gasteiger partial charge in [0.25, 0.3) is 0 Å². The van der Waals surface area contributed by atoms with Crippen LogP contribution in [0.5, 0.6) is 0 Å². The lowest BCUT2D eigenvalue weighted by atomic mass is 10.1. The molecule has 1 N–H and O–H groups in total. The van der Waals surface area contributed by atoms with Crippen LogP contribution in [0, 0.1) is 0 Å². The normalized spacial score (nSPS) is 13.5. The Bertz CT molecular complexity index is 64.3. The largest absolute Gasteiger partial charge is 0.378 e. The van der Waals surface area contributed by atoms with Crippen molar-refractivity contribution in [3.8, 4) is 0 Å². The van der Waals surface area contributed by atoms with Crippen molar-refractivity contribution in [3.63, 3.8) is 0 Å². The molecule has 0 aliphatic rings. The van der Waals surface area contributed by atoms with Crippen LogP contribution in [0.1, 0.15) is 45.4 Å². The van der Waals surface area contributed by atoms with Crippen molar-refractivity contribution in [2.45, 2.75) is 51.0 Å². The number of hydrogen-bond acceptors (Lipinski definition) is 1. The molecule has 0 aliphatic carbocycles. The lowest BCUT2D eigenvalue weighted by Gasteiger charge is -2.00. The van der Waals surface area contributed by atoms with E-state index in [1.807, 2.05) is 0 Å². The number of unbranched alkanes of at least 4 members (excludes halogenated alkanes) is 4. The van der Waals surface area contributed by atoms with Crippen LogP contribution in [0.25, 0.3) is 0 Å². The van der Waals surface area contributed by atoms with Crippen LogP contribution >= 0.6 is 11.6 Å². The molecule has 0 saturated carbocycles. The van der Waals surface area contributed by atoms with E-state index in [9.17, 15) is 0 Å². The van der Waals surface area contributed by atoms with Crippen molar-refractivity contribution in [1.82, 2.24) is 0 Å². The summed E-state index contributed by atoms with van der Waals surface area (Å²) in [5.74, 6) is 0. The minimum Gasteiger partial charge on any atom is -0.378 e. The topological polar surface area (TPSA) is 20.2 Å². The SMILES string of the molecule is CCCCCCCC(O)Cl. The van der Waals surface area contributed by atoms with Crippen molar-refractivity contribution in [1.29, 1.82) is 0 Å². The van der Waals surface area contributed by atoms with Gasteiger partial charge in [-0.2, -0.15) is 0 Å². The summed E-state index contributed by atoms with van der Waals surface area (Å²) in [6.07, 6.45) is 6.86. The van der Waals surface area contributed by atoms with E-state index < -0.39 is 5.56 Å². The number of alkyl halides is 1. The fraction of sp³-hybridized carbons (Fsp3) is 1.00. The summed E-state index contributed by atoms with van der Waals surface area (Å²) in [6.45, 7) is 2.19. The van der Waals surface area contributed by atoms with Gasteiger partial charge in [-0.3, -0.25) is 0 Å². The van der Waals surface area contributed by atoms with Crippen LogP contribution in [0.2, 0.25) is 0 Å². The predicted molar refractivity (Wildman–Crippen MR) is 45.2 cm³/mol. The summed E-state index contributed by atoms with van der Waals surface area (Å²) in [6, 6.07) is 0. The molecule has 0 spiro atoms. The highest BCUT2D eigenvalue weighted by Crippen LogP contribution is 2.08. The molecule has 0 aliphatic heterocycles. The van der Waals surface area contributed by atoms with Crippen molar-refractivity contribution in [2.24, 2.45) is 0 Å². The van der Waals surface area contributed by atoms with Crippen LogP contribution in [0.3, 0.4) is 0 Å². The van der Waals surface area contributed by atoms with E-state index in [1.54, 1.807) is 0 Å². The summed E-state index contributed by atoms with van der Waals surface area (Å²) in [4.78, 5) is 0.